The van der Waals surface area contributed by atoms with E-state index in [0.717, 1.165) is 43.5 Å². The van der Waals surface area contributed by atoms with Crippen molar-refractivity contribution < 1.29 is 27.4 Å². The lowest BCUT2D eigenvalue weighted by Gasteiger charge is -2.14. The molecule has 0 saturated carbocycles. The fraction of sp³-hybridized carbons (Fsp3) is 0.353. The van der Waals surface area contributed by atoms with Gasteiger partial charge in [-0.2, -0.15) is 0 Å². The third-order valence-electron chi connectivity index (χ3n) is 3.53. The van der Waals surface area contributed by atoms with Crippen LogP contribution in [0.25, 0.3) is 0 Å². The number of ether oxygens (including phenoxy) is 3. The van der Waals surface area contributed by atoms with Crippen LogP contribution in [-0.2, 0) is 14.8 Å². The number of thiophene rings is 1. The molecule has 0 radical (unpaired) electrons. The zero-order valence-corrected chi connectivity index (χ0v) is 16.9. The molecule has 0 atom stereocenters. The fourth-order valence-electron chi connectivity index (χ4n) is 2.17. The minimum atomic E-state index is -3.99. The predicted octanol–water partition coefficient (Wildman–Crippen LogP) is 3.91. The molecule has 0 unspecified atom stereocenters. The van der Waals surface area contributed by atoms with Crippen molar-refractivity contribution in [1.82, 2.24) is 0 Å². The molecule has 8 nitrogen and oxygen atoms in total. The van der Waals surface area contributed by atoms with E-state index in [1.807, 2.05) is 0 Å². The summed E-state index contributed by atoms with van der Waals surface area (Å²) in [6.45, 7) is 2.91. The summed E-state index contributed by atoms with van der Waals surface area (Å²) in [6.07, 6.45) is 1.10. The van der Waals surface area contributed by atoms with Crippen LogP contribution in [0.15, 0.2) is 34.5 Å². The SMILES string of the molecule is CCCCNc1ccc(NS(=O)(=O)c2ccsc2OC(=O)OC)c(OC)c1. The predicted molar refractivity (Wildman–Crippen MR) is 105 cm³/mol. The maximum absolute atomic E-state index is 12.7. The molecule has 0 aliphatic carbocycles. The summed E-state index contributed by atoms with van der Waals surface area (Å²) in [6, 6.07) is 6.43. The summed E-state index contributed by atoms with van der Waals surface area (Å²) in [5.74, 6) is 0.366. The maximum atomic E-state index is 12.7. The van der Waals surface area contributed by atoms with Gasteiger partial charge in [-0.05, 0) is 30.0 Å². The Bertz CT molecular complexity index is 879. The number of hydrogen-bond donors (Lipinski definition) is 2. The second-order valence-electron chi connectivity index (χ2n) is 5.43. The number of hydrogen-bond acceptors (Lipinski definition) is 8. The molecule has 2 rings (SSSR count). The third-order valence-corrected chi connectivity index (χ3v) is 5.84. The van der Waals surface area contributed by atoms with E-state index in [1.165, 1.54) is 18.6 Å². The lowest BCUT2D eigenvalue weighted by molar-refractivity contribution is 0.122. The summed E-state index contributed by atoms with van der Waals surface area (Å²) in [4.78, 5) is 11.1. The monoisotopic (exact) mass is 414 g/mol. The number of anilines is 2. The largest absolute Gasteiger partial charge is 0.514 e. The van der Waals surface area contributed by atoms with Crippen LogP contribution in [0.5, 0.6) is 10.8 Å². The number of rotatable bonds is 9. The zero-order chi connectivity index (χ0) is 19.9. The van der Waals surface area contributed by atoms with Crippen LogP contribution in [-0.4, -0.2) is 35.3 Å². The van der Waals surface area contributed by atoms with E-state index in [2.05, 4.69) is 21.7 Å². The van der Waals surface area contributed by atoms with Crippen LogP contribution in [0.3, 0.4) is 0 Å². The number of carbonyl (C=O) groups excluding carboxylic acids is 1. The molecular formula is C17H22N2O6S2. The molecule has 10 heteroatoms. The first kappa shape index (κ1) is 20.8. The van der Waals surface area contributed by atoms with Crippen LogP contribution in [0, 0.1) is 0 Å². The average molecular weight is 415 g/mol. The molecule has 0 amide bonds. The normalized spacial score (nSPS) is 10.9. The van der Waals surface area contributed by atoms with Gasteiger partial charge < -0.3 is 19.5 Å². The summed E-state index contributed by atoms with van der Waals surface area (Å²) in [5, 5.41) is 4.68. The fourth-order valence-corrected chi connectivity index (χ4v) is 4.43. The van der Waals surface area contributed by atoms with E-state index < -0.39 is 16.2 Å². The molecule has 2 aromatic rings. The molecule has 1 aromatic carbocycles. The Morgan fingerprint density at radius 2 is 2.00 bits per heavy atom. The summed E-state index contributed by atoms with van der Waals surface area (Å²) >= 11 is 0.971. The van der Waals surface area contributed by atoms with E-state index in [0.29, 0.717) is 5.75 Å². The Kier molecular flexibility index (Phi) is 7.31. The first-order chi connectivity index (χ1) is 12.9. The van der Waals surface area contributed by atoms with E-state index >= 15 is 0 Å². The quantitative estimate of drug-likeness (QED) is 0.473. The first-order valence-corrected chi connectivity index (χ1v) is 10.6. The van der Waals surface area contributed by atoms with Crippen LogP contribution in [0.1, 0.15) is 19.8 Å². The highest BCUT2D eigenvalue weighted by Gasteiger charge is 2.24. The molecule has 148 valence electrons. The molecule has 0 aliphatic rings. The molecular weight excluding hydrogens is 392 g/mol. The number of methoxy groups -OCH3 is 2. The minimum absolute atomic E-state index is 0.0776. The van der Waals surface area contributed by atoms with Crippen molar-refractivity contribution in [2.75, 3.05) is 30.8 Å². The van der Waals surface area contributed by atoms with E-state index in [1.54, 1.807) is 18.2 Å². The Morgan fingerprint density at radius 1 is 1.22 bits per heavy atom. The topological polar surface area (TPSA) is 103 Å². The number of carbonyl (C=O) groups is 1. The summed E-state index contributed by atoms with van der Waals surface area (Å²) < 4.78 is 42.5. The number of unbranched alkanes of at least 4 members (excludes halogenated alkanes) is 1. The van der Waals surface area contributed by atoms with Gasteiger partial charge in [0.2, 0.25) is 5.06 Å². The first-order valence-electron chi connectivity index (χ1n) is 8.19. The van der Waals surface area contributed by atoms with Crippen molar-refractivity contribution in [1.29, 1.82) is 0 Å². The lowest BCUT2D eigenvalue weighted by atomic mass is 10.2. The highest BCUT2D eigenvalue weighted by molar-refractivity contribution is 7.93. The third kappa shape index (κ3) is 5.51. The van der Waals surface area contributed by atoms with Crippen LogP contribution in [0.2, 0.25) is 0 Å². The molecule has 0 spiro atoms. The van der Waals surface area contributed by atoms with Gasteiger partial charge in [0.05, 0.1) is 19.9 Å². The lowest BCUT2D eigenvalue weighted by Crippen LogP contribution is -2.15. The molecule has 0 fully saturated rings. The van der Waals surface area contributed by atoms with Gasteiger partial charge in [0.15, 0.2) is 0 Å². The van der Waals surface area contributed by atoms with Gasteiger partial charge in [-0.15, -0.1) is 11.3 Å². The van der Waals surface area contributed by atoms with Gasteiger partial charge in [-0.3, -0.25) is 4.72 Å². The molecule has 1 heterocycles. The van der Waals surface area contributed by atoms with Crippen molar-refractivity contribution >= 4 is 38.9 Å². The van der Waals surface area contributed by atoms with E-state index in [9.17, 15) is 13.2 Å². The van der Waals surface area contributed by atoms with Gasteiger partial charge in [0.1, 0.15) is 10.6 Å². The molecule has 27 heavy (non-hydrogen) atoms. The standard InChI is InChI=1S/C17H22N2O6S2/c1-4-5-9-18-12-6-7-13(14(11-12)23-2)19-27(21,22)15-8-10-26-16(15)25-17(20)24-3/h6-8,10-11,18-19H,4-5,9H2,1-3H3. The van der Waals surface area contributed by atoms with Crippen LogP contribution >= 0.6 is 11.3 Å². The smallest absolute Gasteiger partial charge is 0.494 e. The number of benzene rings is 1. The number of sulfonamides is 1. The second kappa shape index (κ2) is 9.47. The Labute approximate surface area is 162 Å². The van der Waals surface area contributed by atoms with Crippen LogP contribution < -0.4 is 19.5 Å². The van der Waals surface area contributed by atoms with Gasteiger partial charge in [0, 0.05) is 18.3 Å². The molecule has 0 aliphatic heterocycles. The maximum Gasteiger partial charge on any atom is 0.514 e. The molecule has 0 saturated heterocycles. The van der Waals surface area contributed by atoms with Crippen molar-refractivity contribution in [2.45, 2.75) is 24.7 Å². The van der Waals surface area contributed by atoms with Crippen molar-refractivity contribution in [2.24, 2.45) is 0 Å². The van der Waals surface area contributed by atoms with Crippen molar-refractivity contribution in [3.8, 4) is 10.8 Å². The Morgan fingerprint density at radius 3 is 2.67 bits per heavy atom. The van der Waals surface area contributed by atoms with Crippen molar-refractivity contribution in [3.05, 3.63) is 29.6 Å². The highest BCUT2D eigenvalue weighted by atomic mass is 32.2. The molecule has 2 N–H and O–H groups in total. The second-order valence-corrected chi connectivity index (χ2v) is 7.96. The van der Waals surface area contributed by atoms with E-state index in [4.69, 9.17) is 9.47 Å². The molecule has 0 bridgehead atoms. The summed E-state index contributed by atoms with van der Waals surface area (Å²) in [5.41, 5.74) is 1.10. The molecule has 1 aromatic heterocycles. The van der Waals surface area contributed by atoms with Gasteiger partial charge in [-0.1, -0.05) is 13.3 Å². The van der Waals surface area contributed by atoms with Crippen molar-refractivity contribution in [3.63, 3.8) is 0 Å². The minimum Gasteiger partial charge on any atom is -0.494 e. The van der Waals surface area contributed by atoms with E-state index in [-0.39, 0.29) is 15.6 Å². The number of nitrogens with one attached hydrogen (secondary N) is 2. The van der Waals surface area contributed by atoms with Gasteiger partial charge >= 0.3 is 6.16 Å². The zero-order valence-electron chi connectivity index (χ0n) is 15.3. The van der Waals surface area contributed by atoms with Crippen LogP contribution in [0.4, 0.5) is 16.2 Å². The summed E-state index contributed by atoms with van der Waals surface area (Å²) in [7, 11) is -1.39. The Balaban J connectivity index is 2.22. The highest BCUT2D eigenvalue weighted by Crippen LogP contribution is 2.35. The average Bonchev–Trinajstić information content (AvgIpc) is 3.11. The van der Waals surface area contributed by atoms with Gasteiger partial charge in [-0.25, -0.2) is 13.2 Å². The Hall–Kier alpha value is -2.46. The van der Waals surface area contributed by atoms with Gasteiger partial charge in [0.25, 0.3) is 10.0 Å².